The van der Waals surface area contributed by atoms with E-state index in [1.165, 1.54) is 16.8 Å². The van der Waals surface area contributed by atoms with Crippen molar-refractivity contribution < 1.29 is 12.6 Å². The molecule has 1 heterocycles. The van der Waals surface area contributed by atoms with Gasteiger partial charge in [0.25, 0.3) is 15.7 Å². The molecule has 0 fully saturated rings. The number of nitrogens with zero attached hydrogens (tertiary/aromatic N) is 1. The molecule has 8 heteroatoms. The molecule has 1 unspecified atom stereocenters. The Bertz CT molecular complexity index is 721. The highest BCUT2D eigenvalue weighted by molar-refractivity contribution is 7.87. The van der Waals surface area contributed by atoms with Crippen molar-refractivity contribution in [2.24, 2.45) is 11.8 Å². The maximum atomic E-state index is 12.4. The van der Waals surface area contributed by atoms with E-state index in [9.17, 15) is 18.0 Å². The van der Waals surface area contributed by atoms with Crippen LogP contribution < -0.4 is 11.2 Å². The first kappa shape index (κ1) is 22.6. The topological polar surface area (TPSA) is 98.2 Å². The summed E-state index contributed by atoms with van der Waals surface area (Å²) in [7, 11) is -3.55. The maximum Gasteiger partial charge on any atom is 0.328 e. The first-order valence-electron chi connectivity index (χ1n) is 9.32. The second-order valence-corrected chi connectivity index (χ2v) is 9.24. The van der Waals surface area contributed by atoms with Crippen LogP contribution in [0.5, 0.6) is 0 Å². The minimum atomic E-state index is -3.55. The van der Waals surface area contributed by atoms with Gasteiger partial charge in [-0.15, -0.1) is 0 Å². The van der Waals surface area contributed by atoms with E-state index in [2.05, 4.69) is 4.98 Å². The number of H-pyrrole nitrogens is 1. The SMILES string of the molecule is CC(C)CC(C(C)C)S(=O)(=O)OCCCCCCn1c(=O)cc[nH]c1=O. The Morgan fingerprint density at radius 1 is 1.08 bits per heavy atom. The zero-order valence-electron chi connectivity index (χ0n) is 16.2. The van der Waals surface area contributed by atoms with Crippen LogP contribution in [-0.4, -0.2) is 29.8 Å². The fraction of sp³-hybridized carbons (Fsp3) is 0.778. The average Bonchev–Trinajstić information content (AvgIpc) is 2.53. The van der Waals surface area contributed by atoms with Crippen LogP contribution in [0.1, 0.15) is 59.8 Å². The molecule has 1 aromatic rings. The Balaban J connectivity index is 2.33. The molecule has 0 spiro atoms. The fourth-order valence-corrected chi connectivity index (χ4v) is 4.65. The molecule has 0 saturated carbocycles. The van der Waals surface area contributed by atoms with E-state index in [0.717, 1.165) is 12.8 Å². The molecule has 1 aromatic heterocycles. The van der Waals surface area contributed by atoms with Crippen molar-refractivity contribution in [1.82, 2.24) is 9.55 Å². The molecule has 0 aliphatic carbocycles. The third-order valence-electron chi connectivity index (χ3n) is 4.29. The standard InChI is InChI=1S/C18H32N2O5S/c1-14(2)13-16(15(3)4)26(23,24)25-12-8-6-5-7-11-20-17(21)9-10-19-18(20)22/h9-10,14-16H,5-8,11-13H2,1-4H3,(H,19,22). The molecular formula is C18H32N2O5S. The molecule has 1 rings (SSSR count). The molecule has 0 bridgehead atoms. The smallest absolute Gasteiger partial charge is 0.314 e. The van der Waals surface area contributed by atoms with Gasteiger partial charge in [0.2, 0.25) is 0 Å². The molecule has 1 atom stereocenters. The Morgan fingerprint density at radius 2 is 1.73 bits per heavy atom. The summed E-state index contributed by atoms with van der Waals surface area (Å²) in [6, 6.07) is 1.32. The van der Waals surface area contributed by atoms with Crippen LogP contribution in [0.15, 0.2) is 21.9 Å². The van der Waals surface area contributed by atoms with Gasteiger partial charge in [-0.1, -0.05) is 40.5 Å². The highest BCUT2D eigenvalue weighted by atomic mass is 32.2. The Kier molecular flexibility index (Phi) is 9.29. The number of hydrogen-bond acceptors (Lipinski definition) is 5. The van der Waals surface area contributed by atoms with Crippen molar-refractivity contribution in [3.8, 4) is 0 Å². The lowest BCUT2D eigenvalue weighted by atomic mass is 10.0. The number of unbranched alkanes of at least 4 members (excludes halogenated alkanes) is 3. The largest absolute Gasteiger partial charge is 0.328 e. The number of aromatic nitrogens is 2. The molecule has 0 aliphatic rings. The summed E-state index contributed by atoms with van der Waals surface area (Å²) < 4.78 is 31.1. The molecule has 150 valence electrons. The summed E-state index contributed by atoms with van der Waals surface area (Å²) in [6.45, 7) is 8.36. The van der Waals surface area contributed by atoms with Gasteiger partial charge in [-0.05, 0) is 31.1 Å². The van der Waals surface area contributed by atoms with E-state index in [1.807, 2.05) is 27.7 Å². The van der Waals surface area contributed by atoms with Crippen molar-refractivity contribution in [3.63, 3.8) is 0 Å². The quantitative estimate of drug-likeness (QED) is 0.438. The normalized spacial score (nSPS) is 13.5. The summed E-state index contributed by atoms with van der Waals surface area (Å²) in [5.74, 6) is 0.315. The molecule has 0 radical (unpaired) electrons. The summed E-state index contributed by atoms with van der Waals surface area (Å²) in [4.78, 5) is 25.6. The highest BCUT2D eigenvalue weighted by Crippen LogP contribution is 2.22. The van der Waals surface area contributed by atoms with Crippen molar-refractivity contribution in [2.45, 2.75) is 71.6 Å². The van der Waals surface area contributed by atoms with E-state index >= 15 is 0 Å². The van der Waals surface area contributed by atoms with Crippen molar-refractivity contribution in [1.29, 1.82) is 0 Å². The minimum Gasteiger partial charge on any atom is -0.314 e. The molecule has 0 saturated heterocycles. The van der Waals surface area contributed by atoms with Crippen LogP contribution in [-0.2, 0) is 20.8 Å². The van der Waals surface area contributed by atoms with Gasteiger partial charge in [-0.2, -0.15) is 8.42 Å². The highest BCUT2D eigenvalue weighted by Gasteiger charge is 2.30. The Labute approximate surface area is 155 Å². The lowest BCUT2D eigenvalue weighted by molar-refractivity contribution is 0.288. The zero-order chi connectivity index (χ0) is 19.7. The van der Waals surface area contributed by atoms with Gasteiger partial charge >= 0.3 is 5.69 Å². The van der Waals surface area contributed by atoms with E-state index in [4.69, 9.17) is 4.18 Å². The third kappa shape index (κ3) is 7.45. The van der Waals surface area contributed by atoms with E-state index in [-0.39, 0.29) is 18.1 Å². The van der Waals surface area contributed by atoms with Gasteiger partial charge in [0.15, 0.2) is 0 Å². The summed E-state index contributed by atoms with van der Waals surface area (Å²) in [5.41, 5.74) is -0.718. The van der Waals surface area contributed by atoms with Crippen LogP contribution in [0.25, 0.3) is 0 Å². The van der Waals surface area contributed by atoms with Gasteiger partial charge in [-0.3, -0.25) is 13.5 Å². The summed E-state index contributed by atoms with van der Waals surface area (Å²) in [5, 5.41) is -0.473. The first-order chi connectivity index (χ1) is 12.1. The van der Waals surface area contributed by atoms with Crippen molar-refractivity contribution in [2.75, 3.05) is 6.61 Å². The Morgan fingerprint density at radius 3 is 2.31 bits per heavy atom. The van der Waals surface area contributed by atoms with Crippen LogP contribution in [0, 0.1) is 11.8 Å². The molecule has 26 heavy (non-hydrogen) atoms. The molecule has 0 aliphatic heterocycles. The van der Waals surface area contributed by atoms with Crippen LogP contribution in [0.4, 0.5) is 0 Å². The molecule has 0 aromatic carbocycles. The van der Waals surface area contributed by atoms with Crippen LogP contribution >= 0.6 is 0 Å². The predicted octanol–water partition coefficient (Wildman–Crippen LogP) is 2.51. The fourth-order valence-electron chi connectivity index (χ4n) is 2.84. The molecule has 1 N–H and O–H groups in total. The number of hydrogen-bond donors (Lipinski definition) is 1. The number of rotatable bonds is 12. The van der Waals surface area contributed by atoms with Gasteiger partial charge < -0.3 is 4.98 Å². The van der Waals surface area contributed by atoms with Gasteiger partial charge in [0, 0.05) is 18.8 Å². The summed E-state index contributed by atoms with van der Waals surface area (Å²) >= 11 is 0. The number of nitrogens with one attached hydrogen (secondary N) is 1. The predicted molar refractivity (Wildman–Crippen MR) is 103 cm³/mol. The minimum absolute atomic E-state index is 0.0182. The van der Waals surface area contributed by atoms with Gasteiger partial charge in [-0.25, -0.2) is 4.79 Å². The third-order valence-corrected chi connectivity index (χ3v) is 6.26. The second kappa shape index (κ2) is 10.7. The zero-order valence-corrected chi connectivity index (χ0v) is 17.0. The van der Waals surface area contributed by atoms with Gasteiger partial charge in [0.05, 0.1) is 11.9 Å². The molecule has 0 amide bonds. The molecule has 7 nitrogen and oxygen atoms in total. The monoisotopic (exact) mass is 388 g/mol. The Hall–Kier alpha value is -1.41. The van der Waals surface area contributed by atoms with E-state index in [0.29, 0.717) is 31.7 Å². The van der Waals surface area contributed by atoms with Crippen LogP contribution in [0.3, 0.4) is 0 Å². The van der Waals surface area contributed by atoms with Crippen molar-refractivity contribution >= 4 is 10.1 Å². The van der Waals surface area contributed by atoms with Crippen molar-refractivity contribution in [3.05, 3.63) is 33.1 Å². The lowest BCUT2D eigenvalue weighted by Gasteiger charge is -2.22. The second-order valence-electron chi connectivity index (χ2n) is 7.41. The average molecular weight is 389 g/mol. The molecular weight excluding hydrogens is 356 g/mol. The lowest BCUT2D eigenvalue weighted by Crippen LogP contribution is -2.33. The number of aromatic amines is 1. The first-order valence-corrected chi connectivity index (χ1v) is 10.8. The van der Waals surface area contributed by atoms with E-state index in [1.54, 1.807) is 0 Å². The van der Waals surface area contributed by atoms with Gasteiger partial charge in [0.1, 0.15) is 0 Å². The van der Waals surface area contributed by atoms with Crippen LogP contribution in [0.2, 0.25) is 0 Å². The summed E-state index contributed by atoms with van der Waals surface area (Å²) in [6.07, 6.45) is 4.83. The maximum absolute atomic E-state index is 12.4. The van der Waals surface area contributed by atoms with E-state index < -0.39 is 21.1 Å².